The highest BCUT2D eigenvalue weighted by atomic mass is 16.5. The molecule has 7 heteroatoms. The third-order valence-corrected chi connectivity index (χ3v) is 4.98. The molecule has 4 rings (SSSR count). The largest absolute Gasteiger partial charge is 0.493 e. The van der Waals surface area contributed by atoms with E-state index in [1.807, 2.05) is 30.3 Å². The molecule has 0 radical (unpaired) electrons. The van der Waals surface area contributed by atoms with Gasteiger partial charge in [0.2, 0.25) is 0 Å². The molecule has 3 aromatic rings. The van der Waals surface area contributed by atoms with Gasteiger partial charge in [0.05, 0.1) is 36.7 Å². The zero-order valence-electron chi connectivity index (χ0n) is 16.9. The number of carbonyl (C=O) groups is 2. The molecule has 0 aromatic heterocycles. The van der Waals surface area contributed by atoms with Crippen LogP contribution in [0.3, 0.4) is 0 Å². The molecule has 0 unspecified atom stereocenters. The van der Waals surface area contributed by atoms with Crippen molar-refractivity contribution in [2.24, 2.45) is 0 Å². The van der Waals surface area contributed by atoms with Gasteiger partial charge in [-0.1, -0.05) is 30.3 Å². The lowest BCUT2D eigenvalue weighted by Gasteiger charge is -2.15. The van der Waals surface area contributed by atoms with Crippen LogP contribution in [0.15, 0.2) is 66.7 Å². The molecule has 1 aliphatic heterocycles. The third kappa shape index (κ3) is 3.81. The van der Waals surface area contributed by atoms with Crippen molar-refractivity contribution in [1.82, 2.24) is 0 Å². The van der Waals surface area contributed by atoms with Crippen LogP contribution in [0.4, 0.5) is 11.4 Å². The van der Waals surface area contributed by atoms with Gasteiger partial charge in [0.1, 0.15) is 0 Å². The normalized spacial score (nSPS) is 13.8. The lowest BCUT2D eigenvalue weighted by atomic mass is 9.99. The third-order valence-electron chi connectivity index (χ3n) is 4.98. The molecule has 1 aliphatic rings. The molecule has 3 N–H and O–H groups in total. The number of nitrogens with one attached hydrogen (secondary N) is 2. The molecule has 7 nitrogen and oxygen atoms in total. The Morgan fingerprint density at radius 1 is 0.903 bits per heavy atom. The second kappa shape index (κ2) is 8.23. The Morgan fingerprint density at radius 3 is 2.16 bits per heavy atom. The number of carbonyl (C=O) groups excluding carboxylic acids is 1. The van der Waals surface area contributed by atoms with E-state index in [4.69, 9.17) is 14.6 Å². The molecule has 0 aliphatic carbocycles. The van der Waals surface area contributed by atoms with E-state index in [0.717, 1.165) is 5.56 Å². The molecule has 0 atom stereocenters. The van der Waals surface area contributed by atoms with Crippen molar-refractivity contribution >= 4 is 34.5 Å². The topological polar surface area (TPSA) is 96.9 Å². The van der Waals surface area contributed by atoms with E-state index in [1.165, 1.54) is 26.4 Å². The van der Waals surface area contributed by atoms with Gasteiger partial charge in [-0.2, -0.15) is 0 Å². The lowest BCUT2D eigenvalue weighted by Crippen LogP contribution is -2.10. The van der Waals surface area contributed by atoms with Gasteiger partial charge in [0.15, 0.2) is 11.5 Å². The number of rotatable bonds is 6. The zero-order chi connectivity index (χ0) is 22.0. The molecule has 0 spiro atoms. The van der Waals surface area contributed by atoms with Crippen LogP contribution in [0.1, 0.15) is 21.5 Å². The Hall–Kier alpha value is -4.26. The summed E-state index contributed by atoms with van der Waals surface area (Å²) in [5.41, 5.74) is 3.97. The Kier molecular flexibility index (Phi) is 5.32. The quantitative estimate of drug-likeness (QED) is 0.518. The number of fused-ring (bicyclic) bond motifs is 1. The van der Waals surface area contributed by atoms with Crippen LogP contribution in [0.2, 0.25) is 0 Å². The van der Waals surface area contributed by atoms with Gasteiger partial charge in [-0.05, 0) is 35.9 Å². The smallest absolute Gasteiger partial charge is 0.335 e. The highest BCUT2D eigenvalue weighted by Gasteiger charge is 2.30. The van der Waals surface area contributed by atoms with Gasteiger partial charge in [-0.25, -0.2) is 4.79 Å². The second-order valence-corrected chi connectivity index (χ2v) is 6.83. The van der Waals surface area contributed by atoms with Gasteiger partial charge in [-0.15, -0.1) is 0 Å². The van der Waals surface area contributed by atoms with E-state index >= 15 is 0 Å². The fraction of sp³-hybridized carbons (Fsp3) is 0.0833. The number of ether oxygens (including phenoxy) is 2. The maximum atomic E-state index is 13.0. The first kappa shape index (κ1) is 20.0. The van der Waals surface area contributed by atoms with E-state index in [9.17, 15) is 9.59 Å². The van der Waals surface area contributed by atoms with Crippen LogP contribution in [-0.2, 0) is 4.79 Å². The first-order valence-corrected chi connectivity index (χ1v) is 9.49. The van der Waals surface area contributed by atoms with Crippen LogP contribution in [-0.4, -0.2) is 31.2 Å². The van der Waals surface area contributed by atoms with E-state index in [0.29, 0.717) is 39.7 Å². The summed E-state index contributed by atoms with van der Waals surface area (Å²) < 4.78 is 10.8. The Balaban J connectivity index is 1.88. The number of hydrogen-bond donors (Lipinski definition) is 3. The first-order chi connectivity index (χ1) is 15.0. The Morgan fingerprint density at radius 2 is 1.55 bits per heavy atom. The van der Waals surface area contributed by atoms with Crippen LogP contribution in [0.5, 0.6) is 11.5 Å². The molecule has 0 bridgehead atoms. The van der Waals surface area contributed by atoms with Crippen molar-refractivity contribution < 1.29 is 24.2 Å². The number of hydrogen-bond acceptors (Lipinski definition) is 5. The Labute approximate surface area is 178 Å². The van der Waals surface area contributed by atoms with Gasteiger partial charge < -0.3 is 25.2 Å². The molecule has 156 valence electrons. The van der Waals surface area contributed by atoms with Crippen molar-refractivity contribution in [2.75, 3.05) is 24.9 Å². The second-order valence-electron chi connectivity index (χ2n) is 6.83. The summed E-state index contributed by atoms with van der Waals surface area (Å²) in [4.78, 5) is 24.2. The van der Waals surface area contributed by atoms with E-state index < -0.39 is 5.97 Å². The van der Waals surface area contributed by atoms with Crippen LogP contribution in [0, 0.1) is 0 Å². The number of methoxy groups -OCH3 is 2. The standard InChI is InChI=1S/C24H20N2O5/c1-30-19-12-17-18(13-20(19)31-2)26-23(27)21(17)22(14-6-4-3-5-7-14)25-16-10-8-15(9-11-16)24(28)29/h3-13,25H,1-2H3,(H,26,27)(H,28,29)/b22-21-. The average molecular weight is 416 g/mol. The molecule has 0 saturated carbocycles. The Bertz CT molecular complexity index is 1180. The fourth-order valence-electron chi connectivity index (χ4n) is 3.47. The number of carboxylic acid groups (broad SMARTS) is 1. The summed E-state index contributed by atoms with van der Waals surface area (Å²) in [6.45, 7) is 0. The minimum Gasteiger partial charge on any atom is -0.493 e. The van der Waals surface area contributed by atoms with Gasteiger partial charge in [0.25, 0.3) is 5.91 Å². The molecule has 1 amide bonds. The molecule has 3 aromatic carbocycles. The highest BCUT2D eigenvalue weighted by molar-refractivity contribution is 6.37. The van der Waals surface area contributed by atoms with Crippen LogP contribution in [0.25, 0.3) is 11.3 Å². The van der Waals surface area contributed by atoms with Crippen molar-refractivity contribution in [1.29, 1.82) is 0 Å². The lowest BCUT2D eigenvalue weighted by molar-refractivity contribution is -0.110. The maximum absolute atomic E-state index is 13.0. The van der Waals surface area contributed by atoms with E-state index in [2.05, 4.69) is 10.6 Å². The van der Waals surface area contributed by atoms with Crippen molar-refractivity contribution in [3.05, 3.63) is 83.4 Å². The average Bonchev–Trinajstić information content (AvgIpc) is 3.11. The van der Waals surface area contributed by atoms with Crippen LogP contribution < -0.4 is 20.1 Å². The zero-order valence-corrected chi connectivity index (χ0v) is 16.9. The number of amides is 1. The summed E-state index contributed by atoms with van der Waals surface area (Å²) in [7, 11) is 3.08. The van der Waals surface area contributed by atoms with Gasteiger partial charge >= 0.3 is 5.97 Å². The highest BCUT2D eigenvalue weighted by Crippen LogP contribution is 2.43. The number of carboxylic acids is 1. The summed E-state index contributed by atoms with van der Waals surface area (Å²) in [5.74, 6) is -0.244. The summed E-state index contributed by atoms with van der Waals surface area (Å²) in [6.07, 6.45) is 0. The molecule has 31 heavy (non-hydrogen) atoms. The molecule has 1 heterocycles. The number of aromatic carboxylic acids is 1. The molecule has 0 saturated heterocycles. The summed E-state index contributed by atoms with van der Waals surface area (Å²) in [6, 6.07) is 19.3. The maximum Gasteiger partial charge on any atom is 0.335 e. The predicted molar refractivity (Wildman–Crippen MR) is 118 cm³/mol. The van der Waals surface area contributed by atoms with E-state index in [-0.39, 0.29) is 11.5 Å². The number of benzene rings is 3. The van der Waals surface area contributed by atoms with Crippen molar-refractivity contribution in [3.8, 4) is 11.5 Å². The van der Waals surface area contributed by atoms with Crippen LogP contribution >= 0.6 is 0 Å². The SMILES string of the molecule is COc1cc2c(cc1OC)/C(=C(/Nc1ccc(C(=O)O)cc1)c1ccccc1)C(=O)N2. The summed E-state index contributed by atoms with van der Waals surface area (Å²) in [5, 5.41) is 15.3. The molecule has 0 fully saturated rings. The molecular weight excluding hydrogens is 396 g/mol. The fourth-order valence-corrected chi connectivity index (χ4v) is 3.47. The van der Waals surface area contributed by atoms with Gasteiger partial charge in [0, 0.05) is 17.3 Å². The monoisotopic (exact) mass is 416 g/mol. The first-order valence-electron chi connectivity index (χ1n) is 9.49. The minimum absolute atomic E-state index is 0.181. The molecular formula is C24H20N2O5. The van der Waals surface area contributed by atoms with E-state index in [1.54, 1.807) is 24.3 Å². The van der Waals surface area contributed by atoms with Crippen molar-refractivity contribution in [2.45, 2.75) is 0 Å². The van der Waals surface area contributed by atoms with Crippen molar-refractivity contribution in [3.63, 3.8) is 0 Å². The summed E-state index contributed by atoms with van der Waals surface area (Å²) >= 11 is 0. The van der Waals surface area contributed by atoms with Gasteiger partial charge in [-0.3, -0.25) is 4.79 Å². The number of anilines is 2. The predicted octanol–water partition coefficient (Wildman–Crippen LogP) is 4.33. The minimum atomic E-state index is -1.00.